The summed E-state index contributed by atoms with van der Waals surface area (Å²) in [6.45, 7) is 4.30. The lowest BCUT2D eigenvalue weighted by molar-refractivity contribution is 0.144. The topological polar surface area (TPSA) is 50.9 Å². The minimum absolute atomic E-state index is 0.386. The summed E-state index contributed by atoms with van der Waals surface area (Å²) >= 11 is 5.84. The lowest BCUT2D eigenvalue weighted by atomic mass is 10.2. The first-order valence-electron chi connectivity index (χ1n) is 5.95. The van der Waals surface area contributed by atoms with Crippen LogP contribution in [-0.2, 0) is 6.54 Å². The van der Waals surface area contributed by atoms with E-state index in [1.807, 2.05) is 38.1 Å². The Morgan fingerprint density at radius 1 is 1.33 bits per heavy atom. The quantitative estimate of drug-likeness (QED) is 0.925. The minimum Gasteiger partial charge on any atom is -0.391 e. The molecule has 0 radical (unpaired) electrons. The van der Waals surface area contributed by atoms with Crippen LogP contribution in [0.3, 0.4) is 0 Å². The third-order valence-electron chi connectivity index (χ3n) is 2.81. The first kappa shape index (κ1) is 13.1. The Kier molecular flexibility index (Phi) is 3.99. The Balaban J connectivity index is 2.25. The van der Waals surface area contributed by atoms with Gasteiger partial charge in [-0.3, -0.25) is 0 Å². The van der Waals surface area contributed by atoms with Gasteiger partial charge in [0.2, 0.25) is 0 Å². The second-order valence-electron chi connectivity index (χ2n) is 4.23. The highest BCUT2D eigenvalue weighted by molar-refractivity contribution is 6.30. The summed E-state index contributed by atoms with van der Waals surface area (Å²) in [6, 6.07) is 7.40. The third-order valence-corrected chi connectivity index (χ3v) is 3.07. The molecule has 2 rings (SSSR count). The SMILES string of the molecule is CC[C@H](O)Cn1nc(-c2ccc(Cl)cc2)nc1C. The normalized spacial score (nSPS) is 12.7. The average Bonchev–Trinajstić information content (AvgIpc) is 2.71. The third kappa shape index (κ3) is 2.89. The summed E-state index contributed by atoms with van der Waals surface area (Å²) in [4.78, 5) is 4.40. The van der Waals surface area contributed by atoms with E-state index in [0.717, 1.165) is 11.4 Å². The number of aromatic nitrogens is 3. The van der Waals surface area contributed by atoms with E-state index >= 15 is 0 Å². The van der Waals surface area contributed by atoms with Gasteiger partial charge in [0, 0.05) is 10.6 Å². The molecule has 0 bridgehead atoms. The molecule has 1 heterocycles. The number of benzene rings is 1. The van der Waals surface area contributed by atoms with Gasteiger partial charge in [0.05, 0.1) is 12.6 Å². The molecule has 2 aromatic rings. The van der Waals surface area contributed by atoms with E-state index in [9.17, 15) is 5.11 Å². The zero-order chi connectivity index (χ0) is 13.1. The summed E-state index contributed by atoms with van der Waals surface area (Å²) in [6.07, 6.45) is 0.318. The number of nitrogens with zero attached hydrogens (tertiary/aromatic N) is 3. The molecular formula is C13H16ClN3O. The van der Waals surface area contributed by atoms with E-state index in [-0.39, 0.29) is 6.10 Å². The van der Waals surface area contributed by atoms with Crippen LogP contribution in [0, 0.1) is 6.92 Å². The van der Waals surface area contributed by atoms with Gasteiger partial charge in [-0.15, -0.1) is 0 Å². The first-order valence-corrected chi connectivity index (χ1v) is 6.33. The van der Waals surface area contributed by atoms with Crippen LogP contribution < -0.4 is 0 Å². The van der Waals surface area contributed by atoms with Crippen molar-refractivity contribution in [2.45, 2.75) is 32.9 Å². The molecule has 0 aliphatic heterocycles. The molecule has 0 unspecified atom stereocenters. The fourth-order valence-electron chi connectivity index (χ4n) is 1.64. The largest absolute Gasteiger partial charge is 0.391 e. The summed E-state index contributed by atoms with van der Waals surface area (Å²) in [7, 11) is 0. The van der Waals surface area contributed by atoms with Crippen molar-refractivity contribution < 1.29 is 5.11 Å². The molecule has 1 atom stereocenters. The smallest absolute Gasteiger partial charge is 0.181 e. The molecule has 0 saturated carbocycles. The van der Waals surface area contributed by atoms with E-state index in [2.05, 4.69) is 10.1 Å². The maximum absolute atomic E-state index is 9.65. The van der Waals surface area contributed by atoms with Crippen LogP contribution in [0.25, 0.3) is 11.4 Å². The molecule has 96 valence electrons. The Labute approximate surface area is 111 Å². The van der Waals surface area contributed by atoms with Crippen molar-refractivity contribution in [2.24, 2.45) is 0 Å². The van der Waals surface area contributed by atoms with Crippen LogP contribution in [0.2, 0.25) is 5.02 Å². The maximum atomic E-state index is 9.65. The lowest BCUT2D eigenvalue weighted by Crippen LogP contribution is -2.16. The number of halogens is 1. The molecule has 0 aliphatic carbocycles. The highest BCUT2D eigenvalue weighted by atomic mass is 35.5. The van der Waals surface area contributed by atoms with Crippen molar-refractivity contribution in [3.05, 3.63) is 35.1 Å². The van der Waals surface area contributed by atoms with Gasteiger partial charge >= 0.3 is 0 Å². The van der Waals surface area contributed by atoms with E-state index in [1.54, 1.807) is 4.68 Å². The van der Waals surface area contributed by atoms with Crippen LogP contribution >= 0.6 is 11.6 Å². The van der Waals surface area contributed by atoms with Crippen LogP contribution in [0.1, 0.15) is 19.2 Å². The molecule has 0 spiro atoms. The van der Waals surface area contributed by atoms with E-state index in [1.165, 1.54) is 0 Å². The Bertz CT molecular complexity index is 522. The lowest BCUT2D eigenvalue weighted by Gasteiger charge is -2.07. The van der Waals surface area contributed by atoms with Crippen molar-refractivity contribution in [3.8, 4) is 11.4 Å². The van der Waals surface area contributed by atoms with E-state index in [0.29, 0.717) is 23.8 Å². The standard InChI is InChI=1S/C13H16ClN3O/c1-3-12(18)8-17-9(2)15-13(16-17)10-4-6-11(14)7-5-10/h4-7,12,18H,3,8H2,1-2H3/t12-/m0/s1. The Morgan fingerprint density at radius 2 is 2.00 bits per heavy atom. The van der Waals surface area contributed by atoms with Crippen molar-refractivity contribution in [2.75, 3.05) is 0 Å². The molecule has 0 fully saturated rings. The van der Waals surface area contributed by atoms with Gasteiger partial charge in [0.1, 0.15) is 5.82 Å². The Morgan fingerprint density at radius 3 is 2.61 bits per heavy atom. The van der Waals surface area contributed by atoms with Gasteiger partial charge in [-0.1, -0.05) is 18.5 Å². The predicted octanol–water partition coefficient (Wildman–Crippen LogP) is 2.68. The highest BCUT2D eigenvalue weighted by Crippen LogP contribution is 2.18. The average molecular weight is 266 g/mol. The molecule has 1 N–H and O–H groups in total. The molecule has 18 heavy (non-hydrogen) atoms. The second-order valence-corrected chi connectivity index (χ2v) is 4.67. The fraction of sp³-hybridized carbons (Fsp3) is 0.385. The molecule has 4 nitrogen and oxygen atoms in total. The highest BCUT2D eigenvalue weighted by Gasteiger charge is 2.10. The van der Waals surface area contributed by atoms with Crippen molar-refractivity contribution in [3.63, 3.8) is 0 Å². The summed E-state index contributed by atoms with van der Waals surface area (Å²) in [5, 5.41) is 14.7. The molecule has 0 saturated heterocycles. The van der Waals surface area contributed by atoms with Crippen molar-refractivity contribution in [1.82, 2.24) is 14.8 Å². The van der Waals surface area contributed by atoms with Gasteiger partial charge in [-0.2, -0.15) is 5.10 Å². The molecule has 5 heteroatoms. The van der Waals surface area contributed by atoms with Crippen molar-refractivity contribution in [1.29, 1.82) is 0 Å². The molecule has 1 aromatic carbocycles. The zero-order valence-corrected chi connectivity index (χ0v) is 11.2. The second kappa shape index (κ2) is 5.50. The van der Waals surface area contributed by atoms with Gasteiger partial charge < -0.3 is 5.11 Å². The number of hydrogen-bond acceptors (Lipinski definition) is 3. The predicted molar refractivity (Wildman–Crippen MR) is 71.5 cm³/mol. The van der Waals surface area contributed by atoms with Crippen molar-refractivity contribution >= 4 is 11.6 Å². The van der Waals surface area contributed by atoms with Crippen LogP contribution in [0.4, 0.5) is 0 Å². The van der Waals surface area contributed by atoms with Crippen LogP contribution in [-0.4, -0.2) is 26.0 Å². The van der Waals surface area contributed by atoms with Crippen LogP contribution in [0.15, 0.2) is 24.3 Å². The van der Waals surface area contributed by atoms with Gasteiger partial charge in [0.15, 0.2) is 5.82 Å². The minimum atomic E-state index is -0.386. The number of hydrogen-bond donors (Lipinski definition) is 1. The summed E-state index contributed by atoms with van der Waals surface area (Å²) in [5.74, 6) is 1.46. The zero-order valence-electron chi connectivity index (χ0n) is 10.5. The fourth-order valence-corrected chi connectivity index (χ4v) is 1.77. The number of aliphatic hydroxyl groups excluding tert-OH is 1. The summed E-state index contributed by atoms with van der Waals surface area (Å²) < 4.78 is 1.73. The molecule has 0 aliphatic rings. The molecule has 1 aromatic heterocycles. The monoisotopic (exact) mass is 265 g/mol. The van der Waals surface area contributed by atoms with Gasteiger partial charge in [-0.05, 0) is 37.6 Å². The number of aliphatic hydroxyl groups is 1. The van der Waals surface area contributed by atoms with Gasteiger partial charge in [0.25, 0.3) is 0 Å². The number of aryl methyl sites for hydroxylation is 1. The van der Waals surface area contributed by atoms with Gasteiger partial charge in [-0.25, -0.2) is 9.67 Å². The van der Waals surface area contributed by atoms with E-state index < -0.39 is 0 Å². The Hall–Kier alpha value is -1.39. The summed E-state index contributed by atoms with van der Waals surface area (Å²) in [5.41, 5.74) is 0.923. The number of rotatable bonds is 4. The molecule has 0 amide bonds. The maximum Gasteiger partial charge on any atom is 0.181 e. The van der Waals surface area contributed by atoms with Crippen LogP contribution in [0.5, 0.6) is 0 Å². The van der Waals surface area contributed by atoms with E-state index in [4.69, 9.17) is 11.6 Å². The molecular weight excluding hydrogens is 250 g/mol. The first-order chi connectivity index (χ1) is 8.60.